The molecule has 0 fully saturated rings. The number of para-hydroxylation sites is 6. The number of hydrogen-bond acceptors (Lipinski definition) is 2. The van der Waals surface area contributed by atoms with E-state index in [1.807, 2.05) is 42.5 Å². The van der Waals surface area contributed by atoms with Gasteiger partial charge < -0.3 is 13.7 Å². The smallest absolute Gasteiger partial charge is 0.101 e. The molecule has 0 aliphatic rings. The van der Waals surface area contributed by atoms with E-state index in [0.29, 0.717) is 11.1 Å². The Hall–Kier alpha value is -7.86. The van der Waals surface area contributed by atoms with E-state index < -0.39 is 0 Å². The van der Waals surface area contributed by atoms with E-state index >= 15 is 0 Å². The molecule has 254 valence electrons. The van der Waals surface area contributed by atoms with Gasteiger partial charge in [0.2, 0.25) is 0 Å². The van der Waals surface area contributed by atoms with Gasteiger partial charge in [-0.05, 0) is 66.2 Å². The van der Waals surface area contributed by atoms with Crippen LogP contribution in [0.1, 0.15) is 11.1 Å². The van der Waals surface area contributed by atoms with Gasteiger partial charge in [0.15, 0.2) is 0 Å². The molecule has 3 aromatic heterocycles. The molecule has 5 nitrogen and oxygen atoms in total. The summed E-state index contributed by atoms with van der Waals surface area (Å²) in [4.78, 5) is 0. The van der Waals surface area contributed by atoms with Crippen LogP contribution in [0.2, 0.25) is 0 Å². The van der Waals surface area contributed by atoms with Crippen LogP contribution in [0.3, 0.4) is 0 Å². The largest absolute Gasteiger partial charge is 0.308 e. The third kappa shape index (κ3) is 4.39. The minimum atomic E-state index is 0.547. The molecule has 0 aliphatic carbocycles. The van der Waals surface area contributed by atoms with Crippen LogP contribution in [-0.2, 0) is 0 Å². The summed E-state index contributed by atoms with van der Waals surface area (Å²) in [6.45, 7) is 0. The number of aromatic nitrogens is 3. The maximum Gasteiger partial charge on any atom is 0.101 e. The molecule has 5 heteroatoms. The molecule has 8 aromatic carbocycles. The van der Waals surface area contributed by atoms with Crippen molar-refractivity contribution >= 4 is 65.4 Å². The Balaban J connectivity index is 1.18. The Morgan fingerprint density at radius 2 is 0.855 bits per heavy atom. The lowest BCUT2D eigenvalue weighted by molar-refractivity contribution is 1.13. The van der Waals surface area contributed by atoms with Gasteiger partial charge in [0.25, 0.3) is 0 Å². The predicted octanol–water partition coefficient (Wildman–Crippen LogP) is 12.4. The zero-order chi connectivity index (χ0) is 36.6. The Morgan fingerprint density at radius 3 is 1.49 bits per heavy atom. The first kappa shape index (κ1) is 30.7. The van der Waals surface area contributed by atoms with E-state index in [1.165, 1.54) is 21.5 Å². The van der Waals surface area contributed by atoms with Crippen molar-refractivity contribution in [1.82, 2.24) is 13.7 Å². The van der Waals surface area contributed by atoms with Crippen LogP contribution in [0, 0.1) is 22.7 Å². The first-order chi connectivity index (χ1) is 27.2. The monoisotopic (exact) mass is 699 g/mol. The van der Waals surface area contributed by atoms with Gasteiger partial charge >= 0.3 is 0 Å². The number of nitrogens with zero attached hydrogens (tertiary/aromatic N) is 5. The van der Waals surface area contributed by atoms with Crippen LogP contribution >= 0.6 is 0 Å². The molecule has 3 heterocycles. The molecule has 0 amide bonds. The van der Waals surface area contributed by atoms with Crippen LogP contribution in [0.5, 0.6) is 0 Å². The summed E-state index contributed by atoms with van der Waals surface area (Å²) in [5, 5.41) is 27.4. The fourth-order valence-corrected chi connectivity index (χ4v) is 8.81. The zero-order valence-corrected chi connectivity index (χ0v) is 29.5. The second-order valence-electron chi connectivity index (χ2n) is 14.0. The summed E-state index contributed by atoms with van der Waals surface area (Å²) in [6.07, 6.45) is 0. The normalized spacial score (nSPS) is 11.6. The van der Waals surface area contributed by atoms with E-state index in [4.69, 9.17) is 0 Å². The number of nitriles is 2. The number of benzene rings is 8. The third-order valence-electron chi connectivity index (χ3n) is 11.1. The van der Waals surface area contributed by atoms with Crippen molar-refractivity contribution in [1.29, 1.82) is 10.5 Å². The lowest BCUT2D eigenvalue weighted by Gasteiger charge is -2.18. The van der Waals surface area contributed by atoms with Crippen molar-refractivity contribution in [2.45, 2.75) is 0 Å². The van der Waals surface area contributed by atoms with Gasteiger partial charge in [0.1, 0.15) is 6.07 Å². The van der Waals surface area contributed by atoms with Crippen LogP contribution in [0.15, 0.2) is 176 Å². The summed E-state index contributed by atoms with van der Waals surface area (Å²) in [5.74, 6) is 0. The second kappa shape index (κ2) is 11.8. The molecular formula is C50H29N5. The van der Waals surface area contributed by atoms with Crippen molar-refractivity contribution < 1.29 is 0 Å². The molecule has 0 bridgehead atoms. The lowest BCUT2D eigenvalue weighted by Crippen LogP contribution is -2.02. The van der Waals surface area contributed by atoms with Crippen molar-refractivity contribution in [3.8, 4) is 40.3 Å². The second-order valence-corrected chi connectivity index (χ2v) is 14.0. The van der Waals surface area contributed by atoms with Crippen molar-refractivity contribution in [3.63, 3.8) is 0 Å². The quantitative estimate of drug-likeness (QED) is 0.184. The maximum atomic E-state index is 10.8. The Bertz CT molecular complexity index is 3420. The predicted molar refractivity (Wildman–Crippen MR) is 224 cm³/mol. The summed E-state index contributed by atoms with van der Waals surface area (Å²) in [5.41, 5.74) is 12.4. The van der Waals surface area contributed by atoms with E-state index in [1.54, 1.807) is 0 Å². The molecule has 0 atom stereocenters. The Kier molecular flexibility index (Phi) is 6.61. The fraction of sp³-hybridized carbons (Fsp3) is 0. The average molecular weight is 700 g/mol. The topological polar surface area (TPSA) is 62.4 Å². The summed E-state index contributed by atoms with van der Waals surface area (Å²) >= 11 is 0. The van der Waals surface area contributed by atoms with Gasteiger partial charge in [-0.15, -0.1) is 0 Å². The van der Waals surface area contributed by atoms with Gasteiger partial charge in [0.05, 0.1) is 67.4 Å². The van der Waals surface area contributed by atoms with E-state index in [0.717, 1.165) is 72.1 Å². The molecule has 0 spiro atoms. The van der Waals surface area contributed by atoms with Crippen molar-refractivity contribution in [2.75, 3.05) is 0 Å². The number of fused-ring (bicyclic) bond motifs is 9. The van der Waals surface area contributed by atoms with Gasteiger partial charge in [-0.2, -0.15) is 10.5 Å². The molecule has 0 radical (unpaired) electrons. The standard InChI is InChI=1S/C50H29N5/c51-30-32-24-26-40-38-15-4-7-19-44(38)53(49(40)28-32)42-27-25-33(29-34(42)31-52)35-12-1-6-18-43(35)55-47-22-10-5-16-39(47)41-17-11-23-48(50(41)55)54-45-20-8-2-13-36(45)37-14-3-9-21-46(37)54/h1-29H. The van der Waals surface area contributed by atoms with Crippen LogP contribution in [-0.4, -0.2) is 13.7 Å². The first-order valence-electron chi connectivity index (χ1n) is 18.3. The van der Waals surface area contributed by atoms with E-state index in [9.17, 15) is 10.5 Å². The van der Waals surface area contributed by atoms with E-state index in [-0.39, 0.29) is 0 Å². The molecule has 0 saturated carbocycles. The van der Waals surface area contributed by atoms with Crippen molar-refractivity contribution in [3.05, 3.63) is 187 Å². The molecule has 0 unspecified atom stereocenters. The molecule has 11 aromatic rings. The van der Waals surface area contributed by atoms with E-state index in [2.05, 4.69) is 159 Å². The van der Waals surface area contributed by atoms with Crippen molar-refractivity contribution in [2.24, 2.45) is 0 Å². The maximum absolute atomic E-state index is 10.8. The average Bonchev–Trinajstić information content (AvgIpc) is 3.89. The third-order valence-corrected chi connectivity index (χ3v) is 11.1. The van der Waals surface area contributed by atoms with Crippen LogP contribution in [0.25, 0.3) is 93.6 Å². The molecule has 55 heavy (non-hydrogen) atoms. The van der Waals surface area contributed by atoms with Gasteiger partial charge in [0, 0.05) is 37.9 Å². The zero-order valence-electron chi connectivity index (χ0n) is 29.5. The van der Waals surface area contributed by atoms with Crippen LogP contribution < -0.4 is 0 Å². The Morgan fingerprint density at radius 1 is 0.345 bits per heavy atom. The van der Waals surface area contributed by atoms with Gasteiger partial charge in [-0.25, -0.2) is 0 Å². The molecular weight excluding hydrogens is 671 g/mol. The highest BCUT2D eigenvalue weighted by Crippen LogP contribution is 2.42. The van der Waals surface area contributed by atoms with Gasteiger partial charge in [-0.3, -0.25) is 0 Å². The van der Waals surface area contributed by atoms with Gasteiger partial charge in [-0.1, -0.05) is 115 Å². The SMILES string of the molecule is N#Cc1ccc2c3ccccc3n(-c3ccc(-c4ccccc4-n4c5ccccc5c5cccc(-n6c7ccccc7c7ccccc76)c54)cc3C#N)c2c1. The summed E-state index contributed by atoms with van der Waals surface area (Å²) in [6, 6.07) is 65.9. The summed E-state index contributed by atoms with van der Waals surface area (Å²) < 4.78 is 6.91. The Labute approximate surface area is 316 Å². The summed E-state index contributed by atoms with van der Waals surface area (Å²) in [7, 11) is 0. The highest BCUT2D eigenvalue weighted by Gasteiger charge is 2.22. The molecule has 0 N–H and O–H groups in total. The molecule has 0 saturated heterocycles. The first-order valence-corrected chi connectivity index (χ1v) is 18.3. The minimum absolute atomic E-state index is 0.547. The lowest BCUT2D eigenvalue weighted by atomic mass is 10.00. The minimum Gasteiger partial charge on any atom is -0.308 e. The molecule has 0 aliphatic heterocycles. The molecule has 11 rings (SSSR count). The number of hydrogen-bond donors (Lipinski definition) is 0. The highest BCUT2D eigenvalue weighted by molar-refractivity contribution is 6.15. The number of rotatable bonds is 4. The van der Waals surface area contributed by atoms with Crippen LogP contribution in [0.4, 0.5) is 0 Å². The fourth-order valence-electron chi connectivity index (χ4n) is 8.81. The highest BCUT2D eigenvalue weighted by atomic mass is 15.1.